The molecule has 0 radical (unpaired) electrons. The van der Waals surface area contributed by atoms with Crippen LogP contribution < -0.4 is 0 Å². The minimum absolute atomic E-state index is 0.0417. The minimum Gasteiger partial charge on any atom is -0.471 e. The van der Waals surface area contributed by atoms with E-state index in [1.54, 1.807) is 7.11 Å². The SMILES string of the molecule is CC(C)C=O.CCCC(CC)c1ccccc1.COC(C)(C)C.COC=O. The highest BCUT2D eigenvalue weighted by Crippen LogP contribution is 2.23. The molecule has 1 aromatic rings. The molecule has 0 aliphatic carbocycles. The number of hydrogen-bond donors (Lipinski definition) is 0. The summed E-state index contributed by atoms with van der Waals surface area (Å²) >= 11 is 0. The van der Waals surface area contributed by atoms with Crippen molar-refractivity contribution in [1.82, 2.24) is 0 Å². The molecule has 0 aliphatic heterocycles. The fraction of sp³-hybridized carbons (Fsp3) is 0.652. The van der Waals surface area contributed by atoms with E-state index in [0.29, 0.717) is 6.47 Å². The first-order valence-electron chi connectivity index (χ1n) is 9.65. The highest BCUT2D eigenvalue weighted by atomic mass is 16.5. The summed E-state index contributed by atoms with van der Waals surface area (Å²) in [5, 5.41) is 0. The zero-order chi connectivity index (χ0) is 21.7. The van der Waals surface area contributed by atoms with Crippen molar-refractivity contribution in [3.05, 3.63) is 35.9 Å². The molecule has 0 saturated carbocycles. The largest absolute Gasteiger partial charge is 0.471 e. The van der Waals surface area contributed by atoms with Crippen LogP contribution in [-0.2, 0) is 19.1 Å². The van der Waals surface area contributed by atoms with E-state index < -0.39 is 0 Å². The van der Waals surface area contributed by atoms with Crippen molar-refractivity contribution in [3.8, 4) is 0 Å². The smallest absolute Gasteiger partial charge is 0.292 e. The average Bonchev–Trinajstić information content (AvgIpc) is 2.67. The van der Waals surface area contributed by atoms with E-state index in [1.165, 1.54) is 31.9 Å². The van der Waals surface area contributed by atoms with Gasteiger partial charge in [0.15, 0.2) is 0 Å². The van der Waals surface area contributed by atoms with Crippen LogP contribution in [0.1, 0.15) is 79.2 Å². The van der Waals surface area contributed by atoms with E-state index in [9.17, 15) is 4.79 Å². The van der Waals surface area contributed by atoms with Gasteiger partial charge in [0.25, 0.3) is 6.47 Å². The van der Waals surface area contributed by atoms with Gasteiger partial charge in [0.05, 0.1) is 12.7 Å². The number of hydrogen-bond acceptors (Lipinski definition) is 4. The Morgan fingerprint density at radius 2 is 1.41 bits per heavy atom. The maximum Gasteiger partial charge on any atom is 0.292 e. The number of rotatable bonds is 6. The third-order valence-electron chi connectivity index (χ3n) is 3.38. The van der Waals surface area contributed by atoms with Crippen LogP contribution in [0.25, 0.3) is 0 Å². The summed E-state index contributed by atoms with van der Waals surface area (Å²) in [7, 11) is 3.02. The first-order valence-corrected chi connectivity index (χ1v) is 9.65. The van der Waals surface area contributed by atoms with E-state index in [-0.39, 0.29) is 11.5 Å². The first kappa shape index (κ1) is 30.1. The van der Waals surface area contributed by atoms with E-state index in [2.05, 4.69) is 48.9 Å². The predicted octanol–water partition coefficient (Wildman–Crippen LogP) is 6.04. The van der Waals surface area contributed by atoms with Crippen molar-refractivity contribution in [2.45, 2.75) is 79.2 Å². The van der Waals surface area contributed by atoms with Crippen molar-refractivity contribution in [2.75, 3.05) is 14.2 Å². The molecule has 27 heavy (non-hydrogen) atoms. The topological polar surface area (TPSA) is 52.6 Å². The third-order valence-corrected chi connectivity index (χ3v) is 3.38. The van der Waals surface area contributed by atoms with Gasteiger partial charge in [0.1, 0.15) is 6.29 Å². The molecule has 1 atom stereocenters. The molecular weight excluding hydrogens is 340 g/mol. The van der Waals surface area contributed by atoms with E-state index in [1.807, 2.05) is 34.6 Å². The number of carbonyl (C=O) groups excluding carboxylic acids is 2. The number of ether oxygens (including phenoxy) is 2. The fourth-order valence-corrected chi connectivity index (χ4v) is 1.68. The monoisotopic (exact) mass is 382 g/mol. The molecule has 4 nitrogen and oxygen atoms in total. The summed E-state index contributed by atoms with van der Waals surface area (Å²) in [6.07, 6.45) is 4.78. The summed E-state index contributed by atoms with van der Waals surface area (Å²) in [6, 6.07) is 10.8. The van der Waals surface area contributed by atoms with Crippen LogP contribution in [0.3, 0.4) is 0 Å². The van der Waals surface area contributed by atoms with Crippen LogP contribution in [-0.4, -0.2) is 32.6 Å². The van der Waals surface area contributed by atoms with Gasteiger partial charge in [-0.1, -0.05) is 64.4 Å². The maximum atomic E-state index is 9.50. The molecule has 1 rings (SSSR count). The molecule has 0 N–H and O–H groups in total. The minimum atomic E-state index is 0.0417. The van der Waals surface area contributed by atoms with Gasteiger partial charge in [-0.2, -0.15) is 0 Å². The Labute approximate surface area is 167 Å². The van der Waals surface area contributed by atoms with Crippen LogP contribution in [0.2, 0.25) is 0 Å². The Balaban J connectivity index is -0.000000324. The van der Waals surface area contributed by atoms with E-state index >= 15 is 0 Å². The number of aldehydes is 1. The summed E-state index contributed by atoms with van der Waals surface area (Å²) in [6.45, 7) is 14.7. The van der Waals surface area contributed by atoms with Crippen LogP contribution in [0.15, 0.2) is 30.3 Å². The molecule has 0 spiro atoms. The second kappa shape index (κ2) is 20.6. The van der Waals surface area contributed by atoms with Gasteiger partial charge in [-0.15, -0.1) is 0 Å². The van der Waals surface area contributed by atoms with Gasteiger partial charge in [-0.25, -0.2) is 0 Å². The highest BCUT2D eigenvalue weighted by molar-refractivity contribution is 5.51. The lowest BCUT2D eigenvalue weighted by Crippen LogP contribution is -2.15. The second-order valence-corrected chi connectivity index (χ2v) is 7.33. The third kappa shape index (κ3) is 26.7. The summed E-state index contributed by atoms with van der Waals surface area (Å²) < 4.78 is 8.80. The van der Waals surface area contributed by atoms with Crippen LogP contribution in [0.5, 0.6) is 0 Å². The lowest BCUT2D eigenvalue weighted by molar-refractivity contribution is -0.126. The zero-order valence-corrected chi connectivity index (χ0v) is 19.0. The van der Waals surface area contributed by atoms with Gasteiger partial charge in [0, 0.05) is 13.0 Å². The summed E-state index contributed by atoms with van der Waals surface area (Å²) in [5.41, 5.74) is 1.54. The second-order valence-electron chi connectivity index (χ2n) is 7.33. The Hall–Kier alpha value is -1.68. The van der Waals surface area contributed by atoms with Gasteiger partial charge < -0.3 is 14.3 Å². The van der Waals surface area contributed by atoms with Crippen LogP contribution in [0.4, 0.5) is 0 Å². The molecular formula is C23H42O4. The number of benzene rings is 1. The van der Waals surface area contributed by atoms with Gasteiger partial charge in [-0.3, -0.25) is 4.79 Å². The molecule has 0 heterocycles. The first-order chi connectivity index (χ1) is 12.6. The Morgan fingerprint density at radius 3 is 1.63 bits per heavy atom. The lowest BCUT2D eigenvalue weighted by Gasteiger charge is -2.14. The molecule has 1 aromatic carbocycles. The maximum absolute atomic E-state index is 9.50. The van der Waals surface area contributed by atoms with E-state index in [0.717, 1.165) is 12.2 Å². The molecule has 0 fully saturated rings. The Morgan fingerprint density at radius 1 is 1.00 bits per heavy atom. The van der Waals surface area contributed by atoms with Gasteiger partial charge in [0.2, 0.25) is 0 Å². The summed E-state index contributed by atoms with van der Waals surface area (Å²) in [4.78, 5) is 18.5. The number of carbonyl (C=O) groups is 2. The quantitative estimate of drug-likeness (QED) is 0.563. The molecule has 1 unspecified atom stereocenters. The molecule has 4 heteroatoms. The van der Waals surface area contributed by atoms with Crippen molar-refractivity contribution >= 4 is 12.8 Å². The van der Waals surface area contributed by atoms with Gasteiger partial charge >= 0.3 is 0 Å². The van der Waals surface area contributed by atoms with Crippen molar-refractivity contribution < 1.29 is 19.1 Å². The Bertz CT molecular complexity index is 422. The molecule has 0 saturated heterocycles. The fourth-order valence-electron chi connectivity index (χ4n) is 1.68. The summed E-state index contributed by atoms with van der Waals surface area (Å²) in [5.74, 6) is 0.978. The van der Waals surface area contributed by atoms with E-state index in [4.69, 9.17) is 9.53 Å². The molecule has 0 amide bonds. The Kier molecular flexibility index (Phi) is 23.0. The number of methoxy groups -OCH3 is 2. The zero-order valence-electron chi connectivity index (χ0n) is 19.0. The highest BCUT2D eigenvalue weighted by Gasteiger charge is 2.06. The molecule has 158 valence electrons. The van der Waals surface area contributed by atoms with Crippen LogP contribution >= 0.6 is 0 Å². The molecule has 0 bridgehead atoms. The van der Waals surface area contributed by atoms with Gasteiger partial charge in [-0.05, 0) is 45.1 Å². The normalized spacial score (nSPS) is 10.7. The average molecular weight is 383 g/mol. The standard InChI is InChI=1S/C12H18.C5H12O.C4H8O.C2H4O2/c1-3-8-11(4-2)12-9-6-5-7-10-12;1-5(2,3)6-4;1-4(2)3-5;1-4-2-3/h5-7,9-11H,3-4,8H2,1-2H3;1-4H3;3-4H,1-2H3;2H,1H3. The molecule has 0 aliphatic rings. The van der Waals surface area contributed by atoms with Crippen molar-refractivity contribution in [2.24, 2.45) is 5.92 Å². The lowest BCUT2D eigenvalue weighted by atomic mass is 9.92. The van der Waals surface area contributed by atoms with Crippen molar-refractivity contribution in [1.29, 1.82) is 0 Å². The predicted molar refractivity (Wildman–Crippen MR) is 115 cm³/mol. The van der Waals surface area contributed by atoms with Crippen LogP contribution in [0, 0.1) is 5.92 Å². The van der Waals surface area contributed by atoms with Crippen molar-refractivity contribution in [3.63, 3.8) is 0 Å². The molecule has 0 aromatic heterocycles.